The molecule has 2 atom stereocenters. The van der Waals surface area contributed by atoms with Gasteiger partial charge in [0.05, 0.1) is 5.88 Å². The number of nitrogens with two attached hydrogens (primary N) is 1. The fourth-order valence-corrected chi connectivity index (χ4v) is 1.45. The number of carbonyl (C=O) groups excluding carboxylic acids is 1. The molecule has 0 saturated carbocycles. The second-order valence-corrected chi connectivity index (χ2v) is 3.89. The quantitative estimate of drug-likeness (QED) is 0.545. The number of ether oxygens (including phenoxy) is 1. The first-order valence-corrected chi connectivity index (χ1v) is 4.33. The van der Waals surface area contributed by atoms with E-state index in [0.717, 1.165) is 0 Å². The molecule has 0 aromatic carbocycles. The SMILES string of the molecule is CC1(CCl)CC(N)(C(F)(F)F)C(=O)O1. The van der Waals surface area contributed by atoms with Crippen molar-refractivity contribution in [3.05, 3.63) is 0 Å². The Hall–Kier alpha value is -0.490. The van der Waals surface area contributed by atoms with Crippen LogP contribution in [-0.4, -0.2) is 29.2 Å². The summed E-state index contributed by atoms with van der Waals surface area (Å²) in [5.74, 6) is -1.68. The van der Waals surface area contributed by atoms with Crippen LogP contribution in [0.5, 0.6) is 0 Å². The van der Waals surface area contributed by atoms with Crippen molar-refractivity contribution in [3.63, 3.8) is 0 Å². The molecule has 1 aliphatic heterocycles. The fourth-order valence-electron chi connectivity index (χ4n) is 1.30. The second-order valence-electron chi connectivity index (χ2n) is 3.62. The Kier molecular flexibility index (Phi) is 2.48. The molecule has 0 aromatic rings. The molecule has 2 unspecified atom stereocenters. The lowest BCUT2D eigenvalue weighted by Crippen LogP contribution is -2.57. The Labute approximate surface area is 83.3 Å². The van der Waals surface area contributed by atoms with Gasteiger partial charge in [0.25, 0.3) is 0 Å². The van der Waals surface area contributed by atoms with Crippen molar-refractivity contribution >= 4 is 17.6 Å². The zero-order valence-corrected chi connectivity index (χ0v) is 8.08. The highest BCUT2D eigenvalue weighted by molar-refractivity contribution is 6.18. The molecule has 82 valence electrons. The Morgan fingerprint density at radius 3 is 2.36 bits per heavy atom. The molecule has 1 fully saturated rings. The third-order valence-corrected chi connectivity index (χ3v) is 2.71. The van der Waals surface area contributed by atoms with Crippen LogP contribution in [0.1, 0.15) is 13.3 Å². The summed E-state index contributed by atoms with van der Waals surface area (Å²) in [6, 6.07) is 0. The van der Waals surface area contributed by atoms with Gasteiger partial charge in [-0.2, -0.15) is 13.2 Å². The lowest BCUT2D eigenvalue weighted by Gasteiger charge is -2.23. The smallest absolute Gasteiger partial charge is 0.417 e. The summed E-state index contributed by atoms with van der Waals surface area (Å²) in [6.07, 6.45) is -5.46. The second kappa shape index (κ2) is 3.00. The molecule has 7 heteroatoms. The molecule has 14 heavy (non-hydrogen) atoms. The first-order chi connectivity index (χ1) is 6.15. The van der Waals surface area contributed by atoms with Gasteiger partial charge in [-0.3, -0.25) is 0 Å². The highest BCUT2D eigenvalue weighted by Crippen LogP contribution is 2.42. The Morgan fingerprint density at radius 2 is 2.14 bits per heavy atom. The molecular weight excluding hydrogens is 223 g/mol. The molecule has 0 aliphatic carbocycles. The van der Waals surface area contributed by atoms with Crippen molar-refractivity contribution in [2.45, 2.75) is 30.7 Å². The average Bonchev–Trinajstić information content (AvgIpc) is 2.24. The molecule has 0 radical (unpaired) electrons. The van der Waals surface area contributed by atoms with Gasteiger partial charge in [-0.15, -0.1) is 11.6 Å². The number of esters is 1. The fraction of sp³-hybridized carbons (Fsp3) is 0.857. The van der Waals surface area contributed by atoms with E-state index in [1.54, 1.807) is 0 Å². The standard InChI is InChI=1S/C7H9ClF3NO2/c1-5(3-8)2-6(12,4(13)14-5)7(9,10)11/h2-3,12H2,1H3. The predicted molar refractivity (Wildman–Crippen MR) is 42.8 cm³/mol. The van der Waals surface area contributed by atoms with Crippen LogP contribution in [0.2, 0.25) is 0 Å². The maximum atomic E-state index is 12.4. The van der Waals surface area contributed by atoms with Crippen LogP contribution in [-0.2, 0) is 9.53 Å². The zero-order chi connectivity index (χ0) is 11.2. The van der Waals surface area contributed by atoms with Crippen molar-refractivity contribution in [2.24, 2.45) is 5.73 Å². The first kappa shape index (κ1) is 11.6. The number of hydrogen-bond donors (Lipinski definition) is 1. The van der Waals surface area contributed by atoms with E-state index >= 15 is 0 Å². The van der Waals surface area contributed by atoms with Crippen LogP contribution in [0.3, 0.4) is 0 Å². The predicted octanol–water partition coefficient (Wildman–Crippen LogP) is 1.19. The third-order valence-electron chi connectivity index (χ3n) is 2.14. The topological polar surface area (TPSA) is 52.3 Å². The largest absolute Gasteiger partial charge is 0.456 e. The van der Waals surface area contributed by atoms with Gasteiger partial charge < -0.3 is 10.5 Å². The van der Waals surface area contributed by atoms with Crippen molar-refractivity contribution < 1.29 is 22.7 Å². The molecular formula is C7H9ClF3NO2. The van der Waals surface area contributed by atoms with E-state index in [1.165, 1.54) is 6.92 Å². The summed E-state index contributed by atoms with van der Waals surface area (Å²) >= 11 is 5.39. The number of alkyl halides is 4. The number of rotatable bonds is 1. The molecule has 0 aromatic heterocycles. The zero-order valence-electron chi connectivity index (χ0n) is 7.32. The van der Waals surface area contributed by atoms with Gasteiger partial charge in [0.15, 0.2) is 0 Å². The van der Waals surface area contributed by atoms with Crippen molar-refractivity contribution in [1.29, 1.82) is 0 Å². The number of carbonyl (C=O) groups is 1. The lowest BCUT2D eigenvalue weighted by molar-refractivity contribution is -0.193. The number of hydrogen-bond acceptors (Lipinski definition) is 3. The summed E-state index contributed by atoms with van der Waals surface area (Å²) in [4.78, 5) is 11.0. The van der Waals surface area contributed by atoms with Gasteiger partial charge in [-0.1, -0.05) is 0 Å². The Balaban J connectivity index is 3.00. The highest BCUT2D eigenvalue weighted by atomic mass is 35.5. The van der Waals surface area contributed by atoms with Crippen LogP contribution in [0.4, 0.5) is 13.2 Å². The molecule has 2 N–H and O–H groups in total. The van der Waals surface area contributed by atoms with E-state index in [-0.39, 0.29) is 5.88 Å². The van der Waals surface area contributed by atoms with Gasteiger partial charge >= 0.3 is 12.1 Å². The average molecular weight is 232 g/mol. The van der Waals surface area contributed by atoms with Crippen LogP contribution >= 0.6 is 11.6 Å². The molecule has 1 aliphatic rings. The molecule has 1 saturated heterocycles. The number of halogens is 4. The normalized spacial score (nSPS) is 38.6. The summed E-state index contributed by atoms with van der Waals surface area (Å²) in [7, 11) is 0. The van der Waals surface area contributed by atoms with Crippen LogP contribution in [0.15, 0.2) is 0 Å². The monoisotopic (exact) mass is 231 g/mol. The Bertz CT molecular complexity index is 270. The van der Waals surface area contributed by atoms with E-state index in [1.807, 2.05) is 0 Å². The van der Waals surface area contributed by atoms with Crippen molar-refractivity contribution in [1.82, 2.24) is 0 Å². The molecule has 1 rings (SSSR count). The molecule has 1 heterocycles. The summed E-state index contributed by atoms with van der Waals surface area (Å²) in [6.45, 7) is 1.32. The minimum atomic E-state index is -4.81. The maximum absolute atomic E-state index is 12.4. The maximum Gasteiger partial charge on any atom is 0.417 e. The summed E-state index contributed by atoms with van der Waals surface area (Å²) < 4.78 is 41.7. The van der Waals surface area contributed by atoms with E-state index in [2.05, 4.69) is 4.74 Å². The van der Waals surface area contributed by atoms with Crippen LogP contribution in [0, 0.1) is 0 Å². The van der Waals surface area contributed by atoms with Gasteiger partial charge in [-0.05, 0) is 6.92 Å². The minimum Gasteiger partial charge on any atom is -0.456 e. The lowest BCUT2D eigenvalue weighted by atomic mass is 9.90. The minimum absolute atomic E-state index is 0.215. The summed E-state index contributed by atoms with van der Waals surface area (Å²) in [5.41, 5.74) is 0.722. The molecule has 0 spiro atoms. The van der Waals surface area contributed by atoms with E-state index in [9.17, 15) is 18.0 Å². The highest BCUT2D eigenvalue weighted by Gasteiger charge is 2.66. The van der Waals surface area contributed by atoms with Crippen LogP contribution < -0.4 is 5.73 Å². The Morgan fingerprint density at radius 1 is 1.64 bits per heavy atom. The van der Waals surface area contributed by atoms with Gasteiger partial charge in [0.2, 0.25) is 5.54 Å². The van der Waals surface area contributed by atoms with E-state index < -0.39 is 29.7 Å². The van der Waals surface area contributed by atoms with Crippen LogP contribution in [0.25, 0.3) is 0 Å². The van der Waals surface area contributed by atoms with Crippen molar-refractivity contribution in [2.75, 3.05) is 5.88 Å². The van der Waals surface area contributed by atoms with Crippen molar-refractivity contribution in [3.8, 4) is 0 Å². The molecule has 3 nitrogen and oxygen atoms in total. The third kappa shape index (κ3) is 1.56. The van der Waals surface area contributed by atoms with Gasteiger partial charge in [-0.25, -0.2) is 4.79 Å². The molecule has 0 bridgehead atoms. The number of cyclic esters (lactones) is 1. The molecule has 0 amide bonds. The van der Waals surface area contributed by atoms with E-state index in [0.29, 0.717) is 0 Å². The van der Waals surface area contributed by atoms with Gasteiger partial charge in [0.1, 0.15) is 5.60 Å². The first-order valence-electron chi connectivity index (χ1n) is 3.80. The summed E-state index contributed by atoms with van der Waals surface area (Å²) in [5, 5.41) is 0. The van der Waals surface area contributed by atoms with Gasteiger partial charge in [0, 0.05) is 6.42 Å². The van der Waals surface area contributed by atoms with E-state index in [4.69, 9.17) is 17.3 Å².